The lowest BCUT2D eigenvalue weighted by Crippen LogP contribution is -2.49. The summed E-state index contributed by atoms with van der Waals surface area (Å²) >= 11 is 1.89. The van der Waals surface area contributed by atoms with E-state index < -0.39 is 10.0 Å². The molecule has 0 saturated carbocycles. The quantitative estimate of drug-likeness (QED) is 0.759. The van der Waals surface area contributed by atoms with Crippen LogP contribution < -0.4 is 0 Å². The summed E-state index contributed by atoms with van der Waals surface area (Å²) in [7, 11) is -3.60. The SMILES string of the molecule is Cc1ccc2cccc(S(=O)(=O)N3CCCSCC3CN3CCCCC3)c2n1. The molecule has 0 spiro atoms. The molecule has 0 bridgehead atoms. The molecule has 0 aliphatic carbocycles. The van der Waals surface area contributed by atoms with Crippen LogP contribution in [0.2, 0.25) is 0 Å². The van der Waals surface area contributed by atoms with Gasteiger partial charge in [-0.05, 0) is 57.2 Å². The van der Waals surface area contributed by atoms with Crippen molar-refractivity contribution < 1.29 is 8.42 Å². The summed E-state index contributed by atoms with van der Waals surface area (Å²) in [6.45, 7) is 5.51. The average molecular weight is 420 g/mol. The molecule has 2 fully saturated rings. The van der Waals surface area contributed by atoms with Crippen molar-refractivity contribution in [3.63, 3.8) is 0 Å². The van der Waals surface area contributed by atoms with Gasteiger partial charge in [-0.2, -0.15) is 16.1 Å². The fourth-order valence-corrected chi connectivity index (χ4v) is 7.23. The highest BCUT2D eigenvalue weighted by Gasteiger charge is 2.35. The van der Waals surface area contributed by atoms with Gasteiger partial charge >= 0.3 is 0 Å². The lowest BCUT2D eigenvalue weighted by atomic mass is 10.1. The van der Waals surface area contributed by atoms with Gasteiger partial charge < -0.3 is 4.90 Å². The zero-order chi connectivity index (χ0) is 19.6. The number of sulfonamides is 1. The second-order valence-corrected chi connectivity index (χ2v) is 10.8. The van der Waals surface area contributed by atoms with E-state index >= 15 is 0 Å². The number of rotatable bonds is 4. The van der Waals surface area contributed by atoms with Gasteiger partial charge in [0.2, 0.25) is 10.0 Å². The number of aryl methyl sites for hydroxylation is 1. The first-order valence-electron chi connectivity index (χ1n) is 10.2. The van der Waals surface area contributed by atoms with Crippen molar-refractivity contribution in [1.29, 1.82) is 0 Å². The largest absolute Gasteiger partial charge is 0.302 e. The Morgan fingerprint density at radius 2 is 1.89 bits per heavy atom. The Hall–Kier alpha value is -1.15. The Morgan fingerprint density at radius 1 is 1.07 bits per heavy atom. The molecule has 7 heteroatoms. The molecule has 28 heavy (non-hydrogen) atoms. The maximum Gasteiger partial charge on any atom is 0.245 e. The van der Waals surface area contributed by atoms with Crippen LogP contribution in [0.5, 0.6) is 0 Å². The Bertz CT molecular complexity index is 926. The van der Waals surface area contributed by atoms with Crippen LogP contribution in [-0.4, -0.2) is 66.3 Å². The van der Waals surface area contributed by atoms with Gasteiger partial charge in [0.05, 0.1) is 5.52 Å². The smallest absolute Gasteiger partial charge is 0.245 e. The minimum Gasteiger partial charge on any atom is -0.302 e. The van der Waals surface area contributed by atoms with Crippen LogP contribution in [0.1, 0.15) is 31.4 Å². The molecular formula is C21H29N3O2S2. The predicted molar refractivity (Wildman–Crippen MR) is 116 cm³/mol. The van der Waals surface area contributed by atoms with Crippen molar-refractivity contribution >= 4 is 32.7 Å². The summed E-state index contributed by atoms with van der Waals surface area (Å²) in [6, 6.07) is 9.40. The third-order valence-electron chi connectivity index (χ3n) is 5.71. The highest BCUT2D eigenvalue weighted by Crippen LogP contribution is 2.29. The number of nitrogens with zero attached hydrogens (tertiary/aromatic N) is 3. The van der Waals surface area contributed by atoms with Gasteiger partial charge in [-0.25, -0.2) is 8.42 Å². The number of fused-ring (bicyclic) bond motifs is 1. The average Bonchev–Trinajstić information content (AvgIpc) is 2.94. The van der Waals surface area contributed by atoms with E-state index in [4.69, 9.17) is 0 Å². The van der Waals surface area contributed by atoms with Crippen molar-refractivity contribution in [3.05, 3.63) is 36.0 Å². The first-order chi connectivity index (χ1) is 13.6. The van der Waals surface area contributed by atoms with Crippen molar-refractivity contribution in [1.82, 2.24) is 14.2 Å². The summed E-state index contributed by atoms with van der Waals surface area (Å²) in [4.78, 5) is 7.38. The molecule has 1 unspecified atom stereocenters. The molecular weight excluding hydrogens is 390 g/mol. The number of hydrogen-bond donors (Lipinski definition) is 0. The molecule has 4 rings (SSSR count). The van der Waals surface area contributed by atoms with E-state index in [1.54, 1.807) is 10.4 Å². The number of benzene rings is 1. The number of para-hydroxylation sites is 1. The molecule has 2 aromatic rings. The van der Waals surface area contributed by atoms with Crippen molar-refractivity contribution in [2.75, 3.05) is 37.7 Å². The summed E-state index contributed by atoms with van der Waals surface area (Å²) in [5.41, 5.74) is 1.43. The highest BCUT2D eigenvalue weighted by molar-refractivity contribution is 7.99. The van der Waals surface area contributed by atoms with E-state index in [1.807, 2.05) is 43.0 Å². The molecule has 1 aromatic carbocycles. The number of piperidine rings is 1. The van der Waals surface area contributed by atoms with Crippen molar-refractivity contribution in [2.24, 2.45) is 0 Å². The summed E-state index contributed by atoms with van der Waals surface area (Å²) in [6.07, 6.45) is 4.63. The second-order valence-electron chi connectivity index (χ2n) is 7.84. The monoisotopic (exact) mass is 419 g/mol. The van der Waals surface area contributed by atoms with Gasteiger partial charge in [0, 0.05) is 36.0 Å². The number of pyridine rings is 1. The molecule has 3 heterocycles. The number of aromatic nitrogens is 1. The third kappa shape index (κ3) is 4.22. The van der Waals surface area contributed by atoms with Crippen LogP contribution in [0.15, 0.2) is 35.2 Å². The maximum absolute atomic E-state index is 13.8. The number of likely N-dealkylation sites (tertiary alicyclic amines) is 1. The zero-order valence-electron chi connectivity index (χ0n) is 16.5. The van der Waals surface area contributed by atoms with E-state index in [1.165, 1.54) is 19.3 Å². The Balaban J connectivity index is 1.70. The Morgan fingerprint density at radius 3 is 2.71 bits per heavy atom. The van der Waals surface area contributed by atoms with E-state index in [0.717, 1.165) is 48.6 Å². The van der Waals surface area contributed by atoms with E-state index in [-0.39, 0.29) is 6.04 Å². The molecule has 2 aliphatic heterocycles. The number of hydrogen-bond acceptors (Lipinski definition) is 5. The zero-order valence-corrected chi connectivity index (χ0v) is 18.1. The van der Waals surface area contributed by atoms with E-state index in [9.17, 15) is 8.42 Å². The van der Waals surface area contributed by atoms with Crippen LogP contribution in [0.4, 0.5) is 0 Å². The molecule has 152 valence electrons. The highest BCUT2D eigenvalue weighted by atomic mass is 32.2. The van der Waals surface area contributed by atoms with E-state index in [0.29, 0.717) is 17.0 Å². The summed E-state index contributed by atoms with van der Waals surface area (Å²) in [5, 5.41) is 0.878. The van der Waals surface area contributed by atoms with Gasteiger partial charge in [0.15, 0.2) is 0 Å². The molecule has 2 aliphatic rings. The van der Waals surface area contributed by atoms with Gasteiger partial charge in [-0.15, -0.1) is 0 Å². The minimum atomic E-state index is -3.60. The summed E-state index contributed by atoms with van der Waals surface area (Å²) in [5.74, 6) is 1.89. The molecule has 2 saturated heterocycles. The molecule has 0 radical (unpaired) electrons. The maximum atomic E-state index is 13.8. The lowest BCUT2D eigenvalue weighted by Gasteiger charge is -2.35. The normalized spacial score (nSPS) is 23.0. The van der Waals surface area contributed by atoms with Gasteiger partial charge in [0.25, 0.3) is 0 Å². The van der Waals surface area contributed by atoms with Crippen LogP contribution in [0, 0.1) is 6.92 Å². The van der Waals surface area contributed by atoms with Gasteiger partial charge in [0.1, 0.15) is 4.90 Å². The third-order valence-corrected chi connectivity index (χ3v) is 8.89. The standard InChI is InChI=1S/C21H29N3O2S2/c1-17-9-10-18-7-5-8-20(21(18)22-17)28(25,26)24-13-6-14-27-16-19(24)15-23-11-3-2-4-12-23/h5,7-10,19H,2-4,6,11-16H2,1H3. The second kappa shape index (κ2) is 8.69. The Kier molecular flexibility index (Phi) is 6.25. The molecule has 0 N–H and O–H groups in total. The minimum absolute atomic E-state index is 0.0238. The van der Waals surface area contributed by atoms with Crippen LogP contribution in [0.25, 0.3) is 10.9 Å². The fraction of sp³-hybridized carbons (Fsp3) is 0.571. The fourth-order valence-electron chi connectivity index (χ4n) is 4.26. The molecule has 1 aromatic heterocycles. The first-order valence-corrected chi connectivity index (χ1v) is 12.8. The Labute approximate surface area is 172 Å². The van der Waals surface area contributed by atoms with Gasteiger partial charge in [-0.3, -0.25) is 4.98 Å². The topological polar surface area (TPSA) is 53.5 Å². The van der Waals surface area contributed by atoms with Crippen LogP contribution in [-0.2, 0) is 10.0 Å². The predicted octanol–water partition coefficient (Wildman–Crippen LogP) is 3.53. The van der Waals surface area contributed by atoms with Crippen molar-refractivity contribution in [3.8, 4) is 0 Å². The van der Waals surface area contributed by atoms with Crippen LogP contribution >= 0.6 is 11.8 Å². The molecule has 5 nitrogen and oxygen atoms in total. The first kappa shape index (κ1) is 20.1. The van der Waals surface area contributed by atoms with Gasteiger partial charge in [-0.1, -0.05) is 24.6 Å². The van der Waals surface area contributed by atoms with E-state index in [2.05, 4.69) is 9.88 Å². The number of thioether (sulfide) groups is 1. The summed E-state index contributed by atoms with van der Waals surface area (Å²) < 4.78 is 29.3. The lowest BCUT2D eigenvalue weighted by molar-refractivity contribution is 0.183. The molecule has 0 amide bonds. The molecule has 1 atom stereocenters. The van der Waals surface area contributed by atoms with Crippen molar-refractivity contribution in [2.45, 2.75) is 43.5 Å². The van der Waals surface area contributed by atoms with Crippen LogP contribution in [0.3, 0.4) is 0 Å².